The van der Waals surface area contributed by atoms with Crippen molar-refractivity contribution in [2.24, 2.45) is 17.8 Å². The summed E-state index contributed by atoms with van der Waals surface area (Å²) in [6.45, 7) is 8.18. The summed E-state index contributed by atoms with van der Waals surface area (Å²) in [5, 5.41) is 0. The molecule has 0 aromatic rings. The molecule has 2 rings (SSSR count). The molecule has 0 aliphatic heterocycles. The molecule has 0 aromatic heterocycles. The summed E-state index contributed by atoms with van der Waals surface area (Å²) in [6.07, 6.45) is 12.9. The van der Waals surface area contributed by atoms with E-state index >= 15 is 0 Å². The number of unbranched alkanes of at least 4 members (excludes halogenated alkanes) is 3. The van der Waals surface area contributed by atoms with E-state index in [1.54, 1.807) is 12.8 Å². The summed E-state index contributed by atoms with van der Waals surface area (Å²) in [5.41, 5.74) is 0. The zero-order valence-electron chi connectivity index (χ0n) is 15.6. The second-order valence-corrected chi connectivity index (χ2v) is 10.1. The van der Waals surface area contributed by atoms with Gasteiger partial charge in [0.1, 0.15) is 0 Å². The summed E-state index contributed by atoms with van der Waals surface area (Å²) in [4.78, 5) is 0. The van der Waals surface area contributed by atoms with Crippen LogP contribution in [0.1, 0.15) is 78.6 Å². The molecular weight excluding hydrogens is 304 g/mol. The molecule has 0 radical (unpaired) electrons. The van der Waals surface area contributed by atoms with Gasteiger partial charge in [-0.1, -0.05) is 32.1 Å². The van der Waals surface area contributed by atoms with E-state index in [1.165, 1.54) is 44.9 Å². The molecule has 3 unspecified atom stereocenters. The minimum atomic E-state index is -2.39. The zero-order chi connectivity index (χ0) is 16.5. The van der Waals surface area contributed by atoms with E-state index in [0.29, 0.717) is 19.8 Å². The highest BCUT2D eigenvalue weighted by Crippen LogP contribution is 2.50. The average Bonchev–Trinajstić information content (AvgIpc) is 3.14. The quantitative estimate of drug-likeness (QED) is 0.330. The predicted molar refractivity (Wildman–Crippen MR) is 97.5 cm³/mol. The molecule has 136 valence electrons. The van der Waals surface area contributed by atoms with Gasteiger partial charge >= 0.3 is 8.80 Å². The molecule has 2 bridgehead atoms. The van der Waals surface area contributed by atoms with E-state index in [4.69, 9.17) is 13.3 Å². The van der Waals surface area contributed by atoms with Crippen LogP contribution in [0, 0.1) is 17.8 Å². The second kappa shape index (κ2) is 10.2. The van der Waals surface area contributed by atoms with Gasteiger partial charge in [0.05, 0.1) is 0 Å². The van der Waals surface area contributed by atoms with Crippen LogP contribution in [0.15, 0.2) is 0 Å². The van der Waals surface area contributed by atoms with E-state index in [-0.39, 0.29) is 0 Å². The third-order valence-corrected chi connectivity index (χ3v) is 8.94. The van der Waals surface area contributed by atoms with Gasteiger partial charge in [0, 0.05) is 25.9 Å². The van der Waals surface area contributed by atoms with Crippen LogP contribution in [0.2, 0.25) is 6.04 Å². The Bertz CT molecular complexity index is 307. The highest BCUT2D eigenvalue weighted by molar-refractivity contribution is 6.60. The Morgan fingerprint density at radius 2 is 1.43 bits per heavy atom. The van der Waals surface area contributed by atoms with Gasteiger partial charge in [-0.15, -0.1) is 0 Å². The summed E-state index contributed by atoms with van der Waals surface area (Å²) in [5.74, 6) is 3.26. The van der Waals surface area contributed by atoms with Crippen molar-refractivity contribution in [3.8, 4) is 0 Å². The lowest BCUT2D eigenvalue weighted by Crippen LogP contribution is -2.45. The molecule has 3 nitrogen and oxygen atoms in total. The SMILES string of the molecule is CCO[Si](CCCCCCC1CC2CCC1C2)(OCC)OCC. The number of hydrogen-bond acceptors (Lipinski definition) is 3. The topological polar surface area (TPSA) is 27.7 Å². The Morgan fingerprint density at radius 1 is 0.783 bits per heavy atom. The first-order valence-electron chi connectivity index (χ1n) is 10.1. The van der Waals surface area contributed by atoms with Crippen LogP contribution < -0.4 is 0 Å². The molecular formula is C19H38O3Si. The minimum Gasteiger partial charge on any atom is -0.374 e. The van der Waals surface area contributed by atoms with Crippen LogP contribution in [0.5, 0.6) is 0 Å². The normalized spacial score (nSPS) is 27.0. The molecule has 0 heterocycles. The first kappa shape index (κ1) is 19.4. The van der Waals surface area contributed by atoms with Crippen LogP contribution in [0.25, 0.3) is 0 Å². The molecule has 0 amide bonds. The summed E-state index contributed by atoms with van der Waals surface area (Å²) in [6, 6.07) is 0.983. The molecule has 0 spiro atoms. The lowest BCUT2D eigenvalue weighted by molar-refractivity contribution is 0.0706. The van der Waals surface area contributed by atoms with Crippen molar-refractivity contribution in [3.05, 3.63) is 0 Å². The maximum atomic E-state index is 5.93. The lowest BCUT2D eigenvalue weighted by atomic mass is 9.85. The maximum Gasteiger partial charge on any atom is 0.500 e. The van der Waals surface area contributed by atoms with Crippen molar-refractivity contribution in [2.75, 3.05) is 19.8 Å². The van der Waals surface area contributed by atoms with Crippen molar-refractivity contribution in [1.82, 2.24) is 0 Å². The van der Waals surface area contributed by atoms with Crippen molar-refractivity contribution >= 4 is 8.80 Å². The van der Waals surface area contributed by atoms with Crippen molar-refractivity contribution in [2.45, 2.75) is 84.6 Å². The van der Waals surface area contributed by atoms with E-state index < -0.39 is 8.80 Å². The molecule has 0 saturated heterocycles. The minimum absolute atomic E-state index is 0.691. The van der Waals surface area contributed by atoms with Crippen molar-refractivity contribution in [3.63, 3.8) is 0 Å². The number of rotatable bonds is 13. The van der Waals surface area contributed by atoms with Gasteiger partial charge in [0.25, 0.3) is 0 Å². The van der Waals surface area contributed by atoms with E-state index in [2.05, 4.69) is 0 Å². The van der Waals surface area contributed by atoms with Gasteiger partial charge in [-0.3, -0.25) is 0 Å². The van der Waals surface area contributed by atoms with Crippen molar-refractivity contribution in [1.29, 1.82) is 0 Å². The fourth-order valence-corrected chi connectivity index (χ4v) is 7.52. The fraction of sp³-hybridized carbons (Fsp3) is 1.00. The summed E-state index contributed by atoms with van der Waals surface area (Å²) < 4.78 is 17.8. The smallest absolute Gasteiger partial charge is 0.374 e. The first-order chi connectivity index (χ1) is 11.2. The molecule has 2 aliphatic rings. The van der Waals surface area contributed by atoms with E-state index in [1.807, 2.05) is 20.8 Å². The second-order valence-electron chi connectivity index (χ2n) is 7.37. The number of fused-ring (bicyclic) bond motifs is 2. The van der Waals surface area contributed by atoms with E-state index in [0.717, 1.165) is 23.8 Å². The Hall–Kier alpha value is 0.0969. The van der Waals surface area contributed by atoms with Gasteiger partial charge in [0.2, 0.25) is 0 Å². The largest absolute Gasteiger partial charge is 0.500 e. The van der Waals surface area contributed by atoms with Gasteiger partial charge in [-0.05, 0) is 64.2 Å². The molecule has 0 N–H and O–H groups in total. The third kappa shape index (κ3) is 5.84. The lowest BCUT2D eigenvalue weighted by Gasteiger charge is -2.28. The monoisotopic (exact) mass is 342 g/mol. The summed E-state index contributed by atoms with van der Waals surface area (Å²) in [7, 11) is -2.39. The molecule has 0 aromatic carbocycles. The average molecular weight is 343 g/mol. The van der Waals surface area contributed by atoms with Gasteiger partial charge in [0.15, 0.2) is 0 Å². The maximum absolute atomic E-state index is 5.93. The Kier molecular flexibility index (Phi) is 8.59. The molecule has 23 heavy (non-hydrogen) atoms. The Labute approximate surface area is 144 Å². The highest BCUT2D eigenvalue weighted by Gasteiger charge is 2.40. The van der Waals surface area contributed by atoms with Crippen molar-refractivity contribution < 1.29 is 13.3 Å². The molecule has 2 fully saturated rings. The van der Waals surface area contributed by atoms with Gasteiger partial charge in [-0.2, -0.15) is 0 Å². The van der Waals surface area contributed by atoms with Gasteiger partial charge < -0.3 is 13.3 Å². The molecule has 3 atom stereocenters. The van der Waals surface area contributed by atoms with E-state index in [9.17, 15) is 0 Å². The molecule has 2 saturated carbocycles. The third-order valence-electron chi connectivity index (χ3n) is 5.79. The molecule has 2 aliphatic carbocycles. The Balaban J connectivity index is 1.58. The highest BCUT2D eigenvalue weighted by atomic mass is 28.4. The fourth-order valence-electron chi connectivity index (χ4n) is 4.83. The summed E-state index contributed by atoms with van der Waals surface area (Å²) >= 11 is 0. The standard InChI is InChI=1S/C19H38O3Si/c1-4-20-23(21-5-2,22-6-3)14-10-8-7-9-11-18-15-17-12-13-19(18)16-17/h17-19H,4-16H2,1-3H3. The van der Waals surface area contributed by atoms with Crippen LogP contribution in [0.3, 0.4) is 0 Å². The number of hydrogen-bond donors (Lipinski definition) is 0. The zero-order valence-corrected chi connectivity index (χ0v) is 16.6. The van der Waals surface area contributed by atoms with Gasteiger partial charge in [-0.25, -0.2) is 0 Å². The van der Waals surface area contributed by atoms with Crippen LogP contribution >= 0.6 is 0 Å². The van der Waals surface area contributed by atoms with Crippen LogP contribution in [-0.2, 0) is 13.3 Å². The molecule has 4 heteroatoms. The first-order valence-corrected chi connectivity index (χ1v) is 12.1. The van der Waals surface area contributed by atoms with Crippen LogP contribution in [0.4, 0.5) is 0 Å². The van der Waals surface area contributed by atoms with Crippen LogP contribution in [-0.4, -0.2) is 28.6 Å². The predicted octanol–water partition coefficient (Wildman–Crippen LogP) is 5.42. The Morgan fingerprint density at radius 3 is 1.96 bits per heavy atom.